The average Bonchev–Trinajstić information content (AvgIpc) is 2.95. The second kappa shape index (κ2) is 17.3. The molecule has 54 heavy (non-hydrogen) atoms. The van der Waals surface area contributed by atoms with E-state index in [0.29, 0.717) is 6.92 Å². The number of esters is 4. The van der Waals surface area contributed by atoms with Crippen molar-refractivity contribution >= 4 is 23.9 Å². The van der Waals surface area contributed by atoms with Crippen LogP contribution in [0.25, 0.3) is 0 Å². The number of alkyl halides is 15. The molecule has 0 rings (SSSR count). The minimum absolute atomic E-state index is 0.219. The summed E-state index contributed by atoms with van der Waals surface area (Å²) in [4.78, 5) is 51.7. The van der Waals surface area contributed by atoms with Gasteiger partial charge in [0.2, 0.25) is 0 Å². The van der Waals surface area contributed by atoms with Crippen molar-refractivity contribution in [2.75, 3.05) is 6.61 Å². The third kappa shape index (κ3) is 13.5. The van der Waals surface area contributed by atoms with Crippen LogP contribution in [-0.2, 0) is 38.1 Å². The maximum absolute atomic E-state index is 13.5. The van der Waals surface area contributed by atoms with Gasteiger partial charge in [-0.2, -0.15) is 65.9 Å². The van der Waals surface area contributed by atoms with Gasteiger partial charge >= 0.3 is 54.8 Å². The third-order valence-corrected chi connectivity index (χ3v) is 8.19. The molecule has 24 heteroatoms. The minimum atomic E-state index is -6.33. The molecule has 0 radical (unpaired) electrons. The molecule has 0 aliphatic rings. The van der Waals surface area contributed by atoms with E-state index in [0.717, 1.165) is 27.7 Å². The molecule has 0 fully saturated rings. The van der Waals surface area contributed by atoms with Gasteiger partial charge in [-0.15, -0.1) is 0 Å². The van der Waals surface area contributed by atoms with Crippen molar-refractivity contribution in [1.29, 1.82) is 0 Å². The molecule has 4 unspecified atom stereocenters. The summed E-state index contributed by atoms with van der Waals surface area (Å²) >= 11 is 0. The Hall–Kier alpha value is -3.21. The van der Waals surface area contributed by atoms with Crippen LogP contribution >= 0.6 is 0 Å². The monoisotopic (exact) mass is 828 g/mol. The van der Waals surface area contributed by atoms with Gasteiger partial charge in [0.25, 0.3) is 11.7 Å². The summed E-state index contributed by atoms with van der Waals surface area (Å²) in [5, 5.41) is 9.67. The molecule has 4 atom stereocenters. The molecule has 0 spiro atoms. The molecule has 0 saturated heterocycles. The SMILES string of the molecule is CCCC(CC(O)(C(F)(F)F)C(F)(F)F)OC(=O)C(C)(CC)CC(C)(CC(C)(C)C(=O)OC(C)C(F)(F)F)C(=O)OCC(=O)OC(C(F)(F)F)C(F)(F)F. The smallest absolute Gasteiger partial charge is 0.434 e. The highest BCUT2D eigenvalue weighted by Gasteiger charge is 2.71. The molecular weight excluding hydrogens is 789 g/mol. The number of carbonyl (C=O) groups excluding carboxylic acids is 4. The molecule has 0 amide bonds. The van der Waals surface area contributed by atoms with Gasteiger partial charge in [0.15, 0.2) is 12.7 Å². The molecule has 0 bridgehead atoms. The zero-order valence-electron chi connectivity index (χ0n) is 29.6. The highest BCUT2D eigenvalue weighted by atomic mass is 19.4. The van der Waals surface area contributed by atoms with Crippen molar-refractivity contribution in [2.24, 2.45) is 16.2 Å². The van der Waals surface area contributed by atoms with Crippen LogP contribution in [0.5, 0.6) is 0 Å². The molecule has 0 aromatic rings. The summed E-state index contributed by atoms with van der Waals surface area (Å²) < 4.78 is 214. The van der Waals surface area contributed by atoms with Crippen LogP contribution in [0, 0.1) is 16.2 Å². The fourth-order valence-corrected chi connectivity index (χ4v) is 5.17. The average molecular weight is 829 g/mol. The predicted octanol–water partition coefficient (Wildman–Crippen LogP) is 8.25. The van der Waals surface area contributed by atoms with Gasteiger partial charge in [-0.3, -0.25) is 14.4 Å². The molecule has 0 saturated carbocycles. The van der Waals surface area contributed by atoms with E-state index >= 15 is 0 Å². The summed E-state index contributed by atoms with van der Waals surface area (Å²) in [6, 6.07) is 0. The topological polar surface area (TPSA) is 125 Å². The van der Waals surface area contributed by atoms with Crippen LogP contribution in [-0.4, -0.2) is 90.4 Å². The Balaban J connectivity index is 6.87. The number of carbonyl (C=O) groups is 4. The molecule has 9 nitrogen and oxygen atoms in total. The summed E-state index contributed by atoms with van der Waals surface area (Å²) in [7, 11) is 0. The standard InChI is InChI=1S/C30H39F15O9/c1-8-10-16(11-25(50,29(40,41)42)30(43,44)45)53-21(49)23(6,9-2)14-24(7,13-22(4,5)19(47)52-15(3)26(31,32)33)20(48)51-12-17(46)54-18(27(34,35)36)28(37,38)39/h15-16,18,50H,8-14H2,1-7H3. The van der Waals surface area contributed by atoms with E-state index in [9.17, 15) is 90.1 Å². The van der Waals surface area contributed by atoms with E-state index in [4.69, 9.17) is 4.74 Å². The van der Waals surface area contributed by atoms with Crippen molar-refractivity contribution in [3.63, 3.8) is 0 Å². The van der Waals surface area contributed by atoms with Gasteiger partial charge in [-0.25, -0.2) is 4.79 Å². The van der Waals surface area contributed by atoms with Gasteiger partial charge in [-0.1, -0.05) is 20.3 Å². The lowest BCUT2D eigenvalue weighted by Crippen LogP contribution is -2.58. The van der Waals surface area contributed by atoms with Crippen molar-refractivity contribution in [3.05, 3.63) is 0 Å². The first-order chi connectivity index (χ1) is 23.7. The van der Waals surface area contributed by atoms with Crippen LogP contribution in [0.3, 0.4) is 0 Å². The summed E-state index contributed by atoms with van der Waals surface area (Å²) in [5.74, 6) is -7.52. The second-order valence-electron chi connectivity index (χ2n) is 13.7. The number of rotatable bonds is 17. The van der Waals surface area contributed by atoms with Crippen molar-refractivity contribution in [2.45, 2.75) is 142 Å². The molecule has 318 valence electrons. The molecule has 0 aromatic carbocycles. The number of hydrogen-bond acceptors (Lipinski definition) is 9. The van der Waals surface area contributed by atoms with Crippen molar-refractivity contribution < 1.29 is 109 Å². The first-order valence-electron chi connectivity index (χ1n) is 15.6. The fourth-order valence-electron chi connectivity index (χ4n) is 5.17. The molecular formula is C30H39F15O9. The molecule has 1 N–H and O–H groups in total. The quantitative estimate of drug-likeness (QED) is 0.0877. The Labute approximate surface area is 298 Å². The lowest BCUT2D eigenvalue weighted by atomic mass is 9.65. The van der Waals surface area contributed by atoms with Crippen LogP contribution in [0.15, 0.2) is 0 Å². The number of aliphatic hydroxyl groups is 1. The Morgan fingerprint density at radius 1 is 0.611 bits per heavy atom. The Morgan fingerprint density at radius 2 is 1.07 bits per heavy atom. The zero-order chi connectivity index (χ0) is 43.3. The lowest BCUT2D eigenvalue weighted by Gasteiger charge is -2.40. The number of ether oxygens (including phenoxy) is 4. The molecule has 0 aromatic heterocycles. The molecule has 0 aliphatic carbocycles. The largest absolute Gasteiger partial charge is 0.462 e. The van der Waals surface area contributed by atoms with Gasteiger partial charge in [0.1, 0.15) is 6.10 Å². The Kier molecular flexibility index (Phi) is 16.3. The van der Waals surface area contributed by atoms with E-state index in [1.165, 1.54) is 13.8 Å². The van der Waals surface area contributed by atoms with Crippen LogP contribution < -0.4 is 0 Å². The van der Waals surface area contributed by atoms with Gasteiger partial charge in [-0.05, 0) is 60.3 Å². The number of hydrogen-bond donors (Lipinski definition) is 1. The summed E-state index contributed by atoms with van der Waals surface area (Å²) in [5.41, 5.74) is -12.3. The molecule has 0 aliphatic heterocycles. The van der Waals surface area contributed by atoms with E-state index in [2.05, 4.69) is 14.2 Å². The Morgan fingerprint density at radius 3 is 1.44 bits per heavy atom. The highest BCUT2D eigenvalue weighted by Crippen LogP contribution is 2.49. The minimum Gasteiger partial charge on any atom is -0.462 e. The first kappa shape index (κ1) is 50.8. The maximum atomic E-state index is 13.5. The molecule has 0 heterocycles. The highest BCUT2D eigenvalue weighted by molar-refractivity contribution is 5.84. The van der Waals surface area contributed by atoms with Crippen molar-refractivity contribution in [3.8, 4) is 0 Å². The summed E-state index contributed by atoms with van der Waals surface area (Å²) in [6.07, 6.45) is -45.7. The fraction of sp³-hybridized carbons (Fsp3) is 0.867. The van der Waals surface area contributed by atoms with E-state index in [1.54, 1.807) is 0 Å². The normalized spacial score (nSPS) is 17.2. The van der Waals surface area contributed by atoms with E-state index in [-0.39, 0.29) is 6.42 Å². The van der Waals surface area contributed by atoms with E-state index in [1.807, 2.05) is 0 Å². The van der Waals surface area contributed by atoms with Gasteiger partial charge in [0.05, 0.1) is 16.2 Å². The van der Waals surface area contributed by atoms with Crippen LogP contribution in [0.4, 0.5) is 65.9 Å². The zero-order valence-corrected chi connectivity index (χ0v) is 29.6. The second-order valence-corrected chi connectivity index (χ2v) is 13.7. The van der Waals surface area contributed by atoms with Crippen molar-refractivity contribution in [1.82, 2.24) is 0 Å². The third-order valence-electron chi connectivity index (χ3n) is 8.19. The maximum Gasteiger partial charge on any atom is 0.434 e. The van der Waals surface area contributed by atoms with E-state index < -0.39 is 134 Å². The number of halogens is 15. The first-order valence-corrected chi connectivity index (χ1v) is 15.6. The predicted molar refractivity (Wildman–Crippen MR) is 151 cm³/mol. The van der Waals surface area contributed by atoms with Crippen LogP contribution in [0.2, 0.25) is 0 Å². The van der Waals surface area contributed by atoms with Crippen LogP contribution in [0.1, 0.15) is 87.0 Å². The van der Waals surface area contributed by atoms with Gasteiger partial charge < -0.3 is 24.1 Å². The summed E-state index contributed by atoms with van der Waals surface area (Å²) in [6.45, 7) is 4.36. The Bertz CT molecular complexity index is 1280. The van der Waals surface area contributed by atoms with Gasteiger partial charge in [0, 0.05) is 6.42 Å². The lowest BCUT2D eigenvalue weighted by molar-refractivity contribution is -0.374.